The molecular weight excluding hydrogens is 411 g/mol. The number of aliphatic carboxylic acids is 2. The summed E-state index contributed by atoms with van der Waals surface area (Å²) in [5, 5.41) is 14.8. The Labute approximate surface area is 110 Å². The van der Waals surface area contributed by atoms with Gasteiger partial charge in [-0.15, -0.1) is 0 Å². The molecule has 0 spiro atoms. The summed E-state index contributed by atoms with van der Waals surface area (Å²) in [6, 6.07) is 3.03. The van der Waals surface area contributed by atoms with Gasteiger partial charge in [0.15, 0.2) is 0 Å². The van der Waals surface area contributed by atoms with Crippen molar-refractivity contribution in [2.24, 2.45) is 11.5 Å². The van der Waals surface area contributed by atoms with Crippen LogP contribution in [0.25, 0.3) is 0 Å². The minimum atomic E-state index is -1.82. The maximum absolute atomic E-state index is 9.10. The van der Waals surface area contributed by atoms with Gasteiger partial charge in [-0.25, -0.2) is 9.59 Å². The number of hydrogen-bond acceptors (Lipinski definition) is 4. The van der Waals surface area contributed by atoms with Crippen molar-refractivity contribution < 1.29 is 40.9 Å². The van der Waals surface area contributed by atoms with Gasteiger partial charge in [-0.2, -0.15) is 0 Å². The van der Waals surface area contributed by atoms with Crippen molar-refractivity contribution in [3.63, 3.8) is 0 Å². The molecule has 1 fully saturated rings. The van der Waals surface area contributed by atoms with Gasteiger partial charge in [-0.3, -0.25) is 0 Å². The first kappa shape index (κ1) is 18.1. The van der Waals surface area contributed by atoms with Crippen LogP contribution in [-0.2, 0) is 30.7 Å². The number of carboxylic acid groups (broad SMARTS) is 2. The zero-order valence-electron chi connectivity index (χ0n) is 9.25. The molecule has 8 heteroatoms. The molecule has 0 aromatic rings. The fourth-order valence-electron chi connectivity index (χ4n) is 1.66. The Morgan fingerprint density at radius 1 is 1.06 bits per heavy atom. The minimum Gasteiger partial charge on any atom is -0.473 e. The molecule has 0 aromatic heterocycles. The summed E-state index contributed by atoms with van der Waals surface area (Å²) in [4.78, 5) is 18.2. The van der Waals surface area contributed by atoms with Crippen LogP contribution >= 0.6 is 0 Å². The summed E-state index contributed by atoms with van der Waals surface area (Å²) in [6.07, 6.45) is 0. The third-order valence-corrected chi connectivity index (χ3v) is 5.46. The number of carboxylic acids is 2. The van der Waals surface area contributed by atoms with Gasteiger partial charge < -0.3 is 21.7 Å². The van der Waals surface area contributed by atoms with Crippen LogP contribution in [0.3, 0.4) is 0 Å². The molecule has 0 unspecified atom stereocenters. The van der Waals surface area contributed by atoms with Crippen molar-refractivity contribution in [3.8, 4) is 0 Å². The maximum atomic E-state index is 9.10. The number of rotatable bonds is 0. The standard InChI is InChI=1S/C6H16N2Si.C2H2O4.Pt/c1-9(2)3-5(7)6(8)4-9;3-1(4)2(5)6;/h5-6H,3-4,7-8H2,1-2H3;(H,3,4)(H,5,6);/t5-,6-;;/m1../s1. The van der Waals surface area contributed by atoms with Crippen LogP contribution in [0.5, 0.6) is 0 Å². The fourth-order valence-corrected chi connectivity index (χ4v) is 4.99. The first-order valence-electron chi connectivity index (χ1n) is 4.63. The van der Waals surface area contributed by atoms with Crippen molar-refractivity contribution in [2.45, 2.75) is 37.3 Å². The average molecular weight is 429 g/mol. The van der Waals surface area contributed by atoms with Gasteiger partial charge in [-0.05, 0) is 12.1 Å². The van der Waals surface area contributed by atoms with Crippen LogP contribution in [0.4, 0.5) is 0 Å². The first-order chi connectivity index (χ1) is 6.65. The summed E-state index contributed by atoms with van der Waals surface area (Å²) in [5.41, 5.74) is 11.5. The van der Waals surface area contributed by atoms with Crippen molar-refractivity contribution in [1.82, 2.24) is 0 Å². The normalized spacial score (nSPS) is 26.0. The van der Waals surface area contributed by atoms with Crippen LogP contribution in [0.1, 0.15) is 0 Å². The Morgan fingerprint density at radius 3 is 1.38 bits per heavy atom. The zero-order valence-corrected chi connectivity index (χ0v) is 12.5. The molecule has 1 heterocycles. The Bertz CT molecular complexity index is 238. The fraction of sp³-hybridized carbons (Fsp3) is 0.750. The Hall–Kier alpha value is -0.235. The molecule has 6 nitrogen and oxygen atoms in total. The molecule has 0 amide bonds. The van der Waals surface area contributed by atoms with E-state index in [0.29, 0.717) is 12.1 Å². The SMILES string of the molecule is C[Si]1(C)C[C@@H](N)[C@H](N)C1.O=C(O)C(=O)O.[Pt]. The predicted octanol–water partition coefficient (Wildman–Crippen LogP) is -0.484. The molecule has 2 atom stereocenters. The van der Waals surface area contributed by atoms with Crippen LogP contribution in [0.15, 0.2) is 0 Å². The molecule has 1 saturated heterocycles. The van der Waals surface area contributed by atoms with E-state index in [1.165, 1.54) is 12.1 Å². The third kappa shape index (κ3) is 7.11. The predicted molar refractivity (Wildman–Crippen MR) is 58.3 cm³/mol. The van der Waals surface area contributed by atoms with E-state index in [1.54, 1.807) is 0 Å². The van der Waals surface area contributed by atoms with E-state index >= 15 is 0 Å². The van der Waals surface area contributed by atoms with Gasteiger partial charge in [0.1, 0.15) is 0 Å². The smallest absolute Gasteiger partial charge is 0.414 e. The molecule has 1 aliphatic rings. The Balaban J connectivity index is 0. The third-order valence-electron chi connectivity index (χ3n) is 2.31. The molecule has 0 saturated carbocycles. The van der Waals surface area contributed by atoms with Gasteiger partial charge in [0.05, 0.1) is 8.07 Å². The molecule has 16 heavy (non-hydrogen) atoms. The van der Waals surface area contributed by atoms with Gasteiger partial charge in [0, 0.05) is 33.1 Å². The molecule has 1 rings (SSSR count). The van der Waals surface area contributed by atoms with Crippen LogP contribution in [-0.4, -0.2) is 42.3 Å². The van der Waals surface area contributed by atoms with Crippen molar-refractivity contribution >= 4 is 20.0 Å². The van der Waals surface area contributed by atoms with Gasteiger partial charge in [0.25, 0.3) is 0 Å². The topological polar surface area (TPSA) is 127 Å². The Kier molecular flexibility index (Phi) is 8.12. The monoisotopic (exact) mass is 429 g/mol. The van der Waals surface area contributed by atoms with Crippen LogP contribution in [0, 0.1) is 0 Å². The second-order valence-electron chi connectivity index (χ2n) is 4.51. The quantitative estimate of drug-likeness (QED) is 0.304. The minimum absolute atomic E-state index is 0. The summed E-state index contributed by atoms with van der Waals surface area (Å²) in [6.45, 7) is 4.72. The Morgan fingerprint density at radius 2 is 1.31 bits per heavy atom. The zero-order chi connectivity index (χ0) is 12.2. The van der Waals surface area contributed by atoms with Gasteiger partial charge in [-0.1, -0.05) is 13.1 Å². The van der Waals surface area contributed by atoms with E-state index < -0.39 is 20.0 Å². The van der Waals surface area contributed by atoms with E-state index in [1.807, 2.05) is 0 Å². The molecular formula is C8H18N2O4PtSi. The molecule has 0 aromatic carbocycles. The summed E-state index contributed by atoms with van der Waals surface area (Å²) >= 11 is 0. The number of nitrogens with two attached hydrogens (primary N) is 2. The van der Waals surface area contributed by atoms with Crippen LogP contribution in [0.2, 0.25) is 25.2 Å². The summed E-state index contributed by atoms with van der Waals surface area (Å²) in [5.74, 6) is -3.65. The van der Waals surface area contributed by atoms with Crippen molar-refractivity contribution in [1.29, 1.82) is 0 Å². The second kappa shape index (κ2) is 7.16. The molecule has 0 bridgehead atoms. The average Bonchev–Trinajstić information content (AvgIpc) is 2.24. The first-order valence-corrected chi connectivity index (χ1v) is 8.04. The largest absolute Gasteiger partial charge is 0.473 e. The molecule has 6 N–H and O–H groups in total. The van der Waals surface area contributed by atoms with E-state index in [2.05, 4.69) is 13.1 Å². The van der Waals surface area contributed by atoms with Gasteiger partial charge in [0.2, 0.25) is 0 Å². The van der Waals surface area contributed by atoms with Gasteiger partial charge >= 0.3 is 11.9 Å². The van der Waals surface area contributed by atoms with E-state index in [0.717, 1.165) is 0 Å². The van der Waals surface area contributed by atoms with Crippen molar-refractivity contribution in [3.05, 3.63) is 0 Å². The summed E-state index contributed by atoms with van der Waals surface area (Å²) in [7, 11) is -0.916. The maximum Gasteiger partial charge on any atom is 0.414 e. The van der Waals surface area contributed by atoms with Crippen LogP contribution < -0.4 is 11.5 Å². The van der Waals surface area contributed by atoms with E-state index in [-0.39, 0.29) is 21.1 Å². The molecule has 1 aliphatic heterocycles. The van der Waals surface area contributed by atoms with Crippen molar-refractivity contribution in [2.75, 3.05) is 0 Å². The number of hydrogen-bond donors (Lipinski definition) is 4. The van der Waals surface area contributed by atoms with E-state index in [4.69, 9.17) is 31.3 Å². The number of carbonyl (C=O) groups is 2. The van der Waals surface area contributed by atoms with E-state index in [9.17, 15) is 0 Å². The molecule has 0 aliphatic carbocycles. The molecule has 0 radical (unpaired) electrons. The molecule has 98 valence electrons. The second-order valence-corrected chi connectivity index (χ2v) is 9.66. The summed E-state index contributed by atoms with van der Waals surface area (Å²) < 4.78 is 0.